The van der Waals surface area contributed by atoms with Gasteiger partial charge in [0.1, 0.15) is 0 Å². The molecule has 1 rings (SSSR count). The fourth-order valence-electron chi connectivity index (χ4n) is 1.87. The van der Waals surface area contributed by atoms with Gasteiger partial charge in [-0.2, -0.15) is 5.10 Å². The zero-order valence-corrected chi connectivity index (χ0v) is 9.96. The van der Waals surface area contributed by atoms with Crippen LogP contribution in [-0.2, 0) is 18.4 Å². The lowest BCUT2D eigenvalue weighted by Gasteiger charge is -2.22. The van der Waals surface area contributed by atoms with Crippen molar-refractivity contribution < 1.29 is 0 Å². The summed E-state index contributed by atoms with van der Waals surface area (Å²) in [6, 6.07) is 0. The maximum Gasteiger partial charge on any atom is 0.0951 e. The van der Waals surface area contributed by atoms with Crippen LogP contribution in [0.2, 0.25) is 0 Å². The molecule has 0 fully saturated rings. The van der Waals surface area contributed by atoms with Gasteiger partial charge >= 0.3 is 0 Å². The summed E-state index contributed by atoms with van der Waals surface area (Å²) >= 11 is 0. The number of hydrogen-bond acceptors (Lipinski definition) is 2. The molecule has 1 heterocycles. The summed E-state index contributed by atoms with van der Waals surface area (Å²) < 4.78 is 1.98. The molecular weight excluding hydrogens is 188 g/mol. The molecule has 0 aromatic carbocycles. The summed E-state index contributed by atoms with van der Waals surface area (Å²) in [6.07, 6.45) is 2.32. The summed E-state index contributed by atoms with van der Waals surface area (Å²) in [6.45, 7) is 9.38. The minimum Gasteiger partial charge on any atom is -0.387 e. The van der Waals surface area contributed by atoms with E-state index in [0.29, 0.717) is 6.42 Å². The topological polar surface area (TPSA) is 67.7 Å². The van der Waals surface area contributed by atoms with E-state index in [4.69, 9.17) is 11.1 Å². The lowest BCUT2D eigenvalue weighted by Crippen LogP contribution is -2.22. The van der Waals surface area contributed by atoms with Crippen LogP contribution in [0.4, 0.5) is 0 Å². The number of aromatic nitrogens is 2. The number of rotatable bonds is 3. The second-order valence-electron chi connectivity index (χ2n) is 4.79. The van der Waals surface area contributed by atoms with E-state index in [1.54, 1.807) is 0 Å². The summed E-state index contributed by atoms with van der Waals surface area (Å²) in [5, 5.41) is 11.7. The Hall–Kier alpha value is -1.32. The van der Waals surface area contributed by atoms with Gasteiger partial charge in [0, 0.05) is 29.6 Å². The minimum absolute atomic E-state index is 0.0390. The molecule has 0 saturated heterocycles. The van der Waals surface area contributed by atoms with E-state index < -0.39 is 0 Å². The summed E-state index contributed by atoms with van der Waals surface area (Å²) in [5.74, 6) is 0.191. The quantitative estimate of drug-likeness (QED) is 0.586. The number of nitrogens with one attached hydrogen (secondary N) is 1. The highest BCUT2D eigenvalue weighted by Crippen LogP contribution is 2.26. The van der Waals surface area contributed by atoms with Gasteiger partial charge < -0.3 is 5.73 Å². The summed E-state index contributed by atoms with van der Waals surface area (Å²) in [5.41, 5.74) is 7.72. The molecule has 0 saturated carbocycles. The van der Waals surface area contributed by atoms with Gasteiger partial charge in [0.25, 0.3) is 0 Å². The molecular formula is C11H20N4. The Kier molecular flexibility index (Phi) is 3.17. The van der Waals surface area contributed by atoms with Crippen molar-refractivity contribution in [3.8, 4) is 0 Å². The molecule has 0 aliphatic rings. The van der Waals surface area contributed by atoms with Gasteiger partial charge in [-0.3, -0.25) is 10.1 Å². The Morgan fingerprint density at radius 1 is 1.53 bits per heavy atom. The largest absolute Gasteiger partial charge is 0.387 e. The number of aryl methyl sites for hydroxylation is 1. The van der Waals surface area contributed by atoms with Crippen molar-refractivity contribution in [1.29, 1.82) is 5.41 Å². The molecule has 0 aliphatic carbocycles. The normalized spacial score (nSPS) is 11.7. The third-order valence-corrected chi connectivity index (χ3v) is 2.31. The predicted octanol–water partition coefficient (Wildman–Crippen LogP) is 1.68. The molecule has 1 aromatic rings. The van der Waals surface area contributed by atoms with Crippen LogP contribution in [0.1, 0.15) is 39.0 Å². The predicted molar refractivity (Wildman–Crippen MR) is 62.2 cm³/mol. The first-order valence-corrected chi connectivity index (χ1v) is 5.24. The van der Waals surface area contributed by atoms with Gasteiger partial charge in [-0.05, 0) is 6.92 Å². The van der Waals surface area contributed by atoms with Crippen LogP contribution in [0.15, 0.2) is 6.20 Å². The summed E-state index contributed by atoms with van der Waals surface area (Å²) in [7, 11) is 0. The fourth-order valence-corrected chi connectivity index (χ4v) is 1.87. The Bertz CT molecular complexity index is 357. The maximum atomic E-state index is 7.34. The van der Waals surface area contributed by atoms with Crippen LogP contribution in [0.3, 0.4) is 0 Å². The third kappa shape index (κ3) is 2.58. The molecule has 1 aromatic heterocycles. The van der Waals surface area contributed by atoms with Crippen molar-refractivity contribution in [3.05, 3.63) is 17.5 Å². The smallest absolute Gasteiger partial charge is 0.0951 e. The van der Waals surface area contributed by atoms with Gasteiger partial charge in [0.05, 0.1) is 12.0 Å². The van der Waals surface area contributed by atoms with Crippen LogP contribution in [0.5, 0.6) is 0 Å². The van der Waals surface area contributed by atoms with Crippen molar-refractivity contribution in [2.75, 3.05) is 0 Å². The van der Waals surface area contributed by atoms with E-state index in [0.717, 1.165) is 12.1 Å². The zero-order chi connectivity index (χ0) is 11.6. The molecule has 4 heteroatoms. The van der Waals surface area contributed by atoms with Gasteiger partial charge in [-0.1, -0.05) is 20.8 Å². The third-order valence-electron chi connectivity index (χ3n) is 2.31. The molecule has 0 spiro atoms. The molecule has 0 radical (unpaired) electrons. The molecule has 0 bridgehead atoms. The van der Waals surface area contributed by atoms with E-state index in [9.17, 15) is 0 Å². The SMILES string of the molecule is CCn1ncc(CC(=N)N)c1C(C)(C)C. The average Bonchev–Trinajstić information content (AvgIpc) is 2.45. The molecule has 3 N–H and O–H groups in total. The molecule has 0 amide bonds. The Morgan fingerprint density at radius 2 is 2.13 bits per heavy atom. The number of nitrogens with two attached hydrogens (primary N) is 1. The maximum absolute atomic E-state index is 7.34. The zero-order valence-electron chi connectivity index (χ0n) is 9.96. The standard InChI is InChI=1S/C11H20N4/c1-5-15-10(11(2,3)4)8(7-14-15)6-9(12)13/h7H,5-6H2,1-4H3,(H3,12,13). The van der Waals surface area contributed by atoms with Crippen LogP contribution in [0, 0.1) is 5.41 Å². The number of nitrogens with zero attached hydrogens (tertiary/aromatic N) is 2. The van der Waals surface area contributed by atoms with E-state index >= 15 is 0 Å². The lowest BCUT2D eigenvalue weighted by molar-refractivity contribution is 0.494. The minimum atomic E-state index is 0.0390. The molecule has 15 heavy (non-hydrogen) atoms. The molecule has 84 valence electrons. The highest BCUT2D eigenvalue weighted by molar-refractivity contribution is 5.79. The molecule has 0 atom stereocenters. The monoisotopic (exact) mass is 208 g/mol. The van der Waals surface area contributed by atoms with Crippen LogP contribution >= 0.6 is 0 Å². The average molecular weight is 208 g/mol. The highest BCUT2D eigenvalue weighted by Gasteiger charge is 2.23. The van der Waals surface area contributed by atoms with Crippen LogP contribution in [-0.4, -0.2) is 15.6 Å². The first kappa shape index (κ1) is 11.8. The van der Waals surface area contributed by atoms with E-state index in [2.05, 4.69) is 32.8 Å². The van der Waals surface area contributed by atoms with Crippen molar-refractivity contribution in [2.24, 2.45) is 5.73 Å². The Balaban J connectivity index is 3.17. The van der Waals surface area contributed by atoms with Gasteiger partial charge in [-0.25, -0.2) is 0 Å². The summed E-state index contributed by atoms with van der Waals surface area (Å²) in [4.78, 5) is 0. The lowest BCUT2D eigenvalue weighted by atomic mass is 9.88. The van der Waals surface area contributed by atoms with Gasteiger partial charge in [0.2, 0.25) is 0 Å². The number of hydrogen-bond donors (Lipinski definition) is 2. The fraction of sp³-hybridized carbons (Fsp3) is 0.636. The van der Waals surface area contributed by atoms with Crippen molar-refractivity contribution >= 4 is 5.84 Å². The van der Waals surface area contributed by atoms with Crippen molar-refractivity contribution in [3.63, 3.8) is 0 Å². The molecule has 0 aliphatic heterocycles. The van der Waals surface area contributed by atoms with Crippen molar-refractivity contribution in [1.82, 2.24) is 9.78 Å². The van der Waals surface area contributed by atoms with Gasteiger partial charge in [-0.15, -0.1) is 0 Å². The van der Waals surface area contributed by atoms with Gasteiger partial charge in [0.15, 0.2) is 0 Å². The second kappa shape index (κ2) is 4.04. The first-order valence-electron chi connectivity index (χ1n) is 5.24. The molecule has 0 unspecified atom stereocenters. The Morgan fingerprint density at radius 3 is 2.53 bits per heavy atom. The van der Waals surface area contributed by atoms with E-state index in [1.165, 1.54) is 5.69 Å². The van der Waals surface area contributed by atoms with E-state index in [-0.39, 0.29) is 11.3 Å². The van der Waals surface area contributed by atoms with Crippen LogP contribution in [0.25, 0.3) is 0 Å². The number of amidine groups is 1. The first-order chi connectivity index (χ1) is 6.86. The Labute approximate surface area is 91.0 Å². The molecule has 4 nitrogen and oxygen atoms in total. The van der Waals surface area contributed by atoms with Crippen molar-refractivity contribution in [2.45, 2.75) is 46.1 Å². The second-order valence-corrected chi connectivity index (χ2v) is 4.79. The van der Waals surface area contributed by atoms with Crippen LogP contribution < -0.4 is 5.73 Å². The van der Waals surface area contributed by atoms with E-state index in [1.807, 2.05) is 10.9 Å². The highest BCUT2D eigenvalue weighted by atomic mass is 15.3.